The summed E-state index contributed by atoms with van der Waals surface area (Å²) in [6, 6.07) is 0. The molecule has 1 aliphatic rings. The van der Waals surface area contributed by atoms with Gasteiger partial charge in [0.15, 0.2) is 0 Å². The highest BCUT2D eigenvalue weighted by molar-refractivity contribution is 4.90. The highest BCUT2D eigenvalue weighted by Gasteiger charge is 2.37. The molecular weight excluding hydrogens is 200 g/mol. The Morgan fingerprint density at radius 3 is 2.50 bits per heavy atom. The molecule has 96 valence electrons. The summed E-state index contributed by atoms with van der Waals surface area (Å²) >= 11 is 0. The molecule has 0 amide bonds. The molecule has 0 aromatic carbocycles. The summed E-state index contributed by atoms with van der Waals surface area (Å²) in [5, 5.41) is 0. The summed E-state index contributed by atoms with van der Waals surface area (Å²) in [7, 11) is 0. The number of nitrogens with zero attached hydrogens (tertiary/aromatic N) is 1. The molecule has 0 spiro atoms. The fourth-order valence-corrected chi connectivity index (χ4v) is 2.66. The van der Waals surface area contributed by atoms with E-state index >= 15 is 0 Å². The lowest BCUT2D eigenvalue weighted by atomic mass is 10.0. The van der Waals surface area contributed by atoms with Crippen LogP contribution in [-0.4, -0.2) is 43.3 Å². The molecule has 2 atom stereocenters. The molecule has 0 radical (unpaired) electrons. The molecule has 0 heterocycles. The molecule has 1 fully saturated rings. The van der Waals surface area contributed by atoms with Crippen LogP contribution in [0.1, 0.15) is 40.0 Å². The van der Waals surface area contributed by atoms with E-state index in [0.717, 1.165) is 45.0 Å². The van der Waals surface area contributed by atoms with Crippen LogP contribution in [0.2, 0.25) is 0 Å². The van der Waals surface area contributed by atoms with E-state index in [-0.39, 0.29) is 5.60 Å². The molecule has 1 aliphatic carbocycles. The monoisotopic (exact) mass is 228 g/mol. The molecule has 0 aromatic rings. The van der Waals surface area contributed by atoms with Crippen molar-refractivity contribution in [3.8, 4) is 0 Å². The van der Waals surface area contributed by atoms with Gasteiger partial charge in [-0.25, -0.2) is 0 Å². The van der Waals surface area contributed by atoms with Gasteiger partial charge in [0, 0.05) is 13.1 Å². The molecule has 16 heavy (non-hydrogen) atoms. The molecule has 0 aromatic heterocycles. The fourth-order valence-electron chi connectivity index (χ4n) is 2.66. The predicted molar refractivity (Wildman–Crippen MR) is 68.5 cm³/mol. The molecule has 3 heteroatoms. The van der Waals surface area contributed by atoms with Crippen molar-refractivity contribution in [3.63, 3.8) is 0 Å². The van der Waals surface area contributed by atoms with Gasteiger partial charge in [0.25, 0.3) is 0 Å². The van der Waals surface area contributed by atoms with Crippen LogP contribution in [0.25, 0.3) is 0 Å². The third-order valence-electron chi connectivity index (χ3n) is 3.90. The second-order valence-corrected chi connectivity index (χ2v) is 5.11. The minimum absolute atomic E-state index is 0.00737. The Kier molecular flexibility index (Phi) is 5.73. The van der Waals surface area contributed by atoms with Crippen molar-refractivity contribution in [3.05, 3.63) is 0 Å². The molecular formula is C13H28N2O. The van der Waals surface area contributed by atoms with Gasteiger partial charge in [-0.3, -0.25) is 0 Å². The Hall–Kier alpha value is -0.120. The zero-order chi connectivity index (χ0) is 12.0. The van der Waals surface area contributed by atoms with Gasteiger partial charge in [-0.1, -0.05) is 20.8 Å². The number of likely N-dealkylation sites (N-methyl/N-ethyl adjacent to an activating group) is 1. The van der Waals surface area contributed by atoms with E-state index in [1.165, 1.54) is 6.42 Å². The van der Waals surface area contributed by atoms with E-state index in [9.17, 15) is 0 Å². The molecule has 1 saturated carbocycles. The topological polar surface area (TPSA) is 38.5 Å². The van der Waals surface area contributed by atoms with Crippen molar-refractivity contribution in [2.24, 2.45) is 11.7 Å². The number of rotatable bonds is 7. The van der Waals surface area contributed by atoms with Crippen LogP contribution >= 0.6 is 0 Å². The van der Waals surface area contributed by atoms with Gasteiger partial charge in [-0.05, 0) is 38.3 Å². The summed E-state index contributed by atoms with van der Waals surface area (Å²) in [5.74, 6) is 0.775. The molecule has 2 unspecified atom stereocenters. The average Bonchev–Trinajstić information content (AvgIpc) is 2.67. The number of ether oxygens (including phenoxy) is 1. The van der Waals surface area contributed by atoms with Crippen LogP contribution < -0.4 is 5.73 Å². The highest BCUT2D eigenvalue weighted by atomic mass is 16.5. The normalized spacial score (nSPS) is 30.2. The third kappa shape index (κ3) is 3.72. The maximum Gasteiger partial charge on any atom is 0.0807 e. The lowest BCUT2D eigenvalue weighted by Gasteiger charge is -2.29. The van der Waals surface area contributed by atoms with Gasteiger partial charge < -0.3 is 15.4 Å². The Labute approximate surface area is 100 Å². The zero-order valence-electron chi connectivity index (χ0n) is 11.2. The van der Waals surface area contributed by atoms with Crippen molar-refractivity contribution < 1.29 is 4.74 Å². The standard InChI is InChI=1S/C13H28N2O/c1-4-15(5-2)8-9-16-13(11-14)7-6-12(3)10-13/h12H,4-11,14H2,1-3H3. The SMILES string of the molecule is CCN(CC)CCOC1(CN)CCC(C)C1. The minimum Gasteiger partial charge on any atom is -0.372 e. The quantitative estimate of drug-likeness (QED) is 0.723. The first-order valence-corrected chi connectivity index (χ1v) is 6.72. The lowest BCUT2D eigenvalue weighted by Crippen LogP contribution is -2.40. The lowest BCUT2D eigenvalue weighted by molar-refractivity contribution is -0.0428. The van der Waals surface area contributed by atoms with Crippen LogP contribution in [0.5, 0.6) is 0 Å². The summed E-state index contributed by atoms with van der Waals surface area (Å²) in [6.07, 6.45) is 3.55. The van der Waals surface area contributed by atoms with Gasteiger partial charge in [-0.15, -0.1) is 0 Å². The van der Waals surface area contributed by atoms with Gasteiger partial charge >= 0.3 is 0 Å². The first-order valence-electron chi connectivity index (χ1n) is 6.72. The average molecular weight is 228 g/mol. The molecule has 0 aliphatic heterocycles. The Bertz CT molecular complexity index is 194. The third-order valence-corrected chi connectivity index (χ3v) is 3.90. The maximum atomic E-state index is 6.08. The van der Waals surface area contributed by atoms with Gasteiger partial charge in [0.05, 0.1) is 12.2 Å². The largest absolute Gasteiger partial charge is 0.372 e. The molecule has 0 bridgehead atoms. The van der Waals surface area contributed by atoms with Gasteiger partial charge in [0.1, 0.15) is 0 Å². The smallest absolute Gasteiger partial charge is 0.0807 e. The first-order chi connectivity index (χ1) is 7.65. The number of hydrogen-bond donors (Lipinski definition) is 1. The van der Waals surface area contributed by atoms with Crippen LogP contribution in [0.4, 0.5) is 0 Å². The number of hydrogen-bond acceptors (Lipinski definition) is 3. The van der Waals surface area contributed by atoms with E-state index < -0.39 is 0 Å². The minimum atomic E-state index is -0.00737. The molecule has 3 nitrogen and oxygen atoms in total. The van der Waals surface area contributed by atoms with Crippen LogP contribution in [0.3, 0.4) is 0 Å². The second-order valence-electron chi connectivity index (χ2n) is 5.11. The first kappa shape index (κ1) is 13.9. The summed E-state index contributed by atoms with van der Waals surface area (Å²) < 4.78 is 6.08. The van der Waals surface area contributed by atoms with Crippen molar-refractivity contribution >= 4 is 0 Å². The summed E-state index contributed by atoms with van der Waals surface area (Å²) in [4.78, 5) is 2.39. The van der Waals surface area contributed by atoms with Crippen molar-refractivity contribution in [1.82, 2.24) is 4.90 Å². The van der Waals surface area contributed by atoms with Gasteiger partial charge in [0.2, 0.25) is 0 Å². The number of nitrogens with two attached hydrogens (primary N) is 1. The Morgan fingerprint density at radius 2 is 2.06 bits per heavy atom. The van der Waals surface area contributed by atoms with Crippen molar-refractivity contribution in [1.29, 1.82) is 0 Å². The fraction of sp³-hybridized carbons (Fsp3) is 1.00. The van der Waals surface area contributed by atoms with E-state index in [1.807, 2.05) is 0 Å². The second kappa shape index (κ2) is 6.58. The molecule has 2 N–H and O–H groups in total. The highest BCUT2D eigenvalue weighted by Crippen LogP contribution is 2.36. The van der Waals surface area contributed by atoms with Crippen LogP contribution in [0, 0.1) is 5.92 Å². The molecule has 0 saturated heterocycles. The summed E-state index contributed by atoms with van der Waals surface area (Å²) in [6.45, 7) is 11.4. The Balaban J connectivity index is 2.29. The Morgan fingerprint density at radius 1 is 1.38 bits per heavy atom. The van der Waals surface area contributed by atoms with Crippen LogP contribution in [0.15, 0.2) is 0 Å². The van der Waals surface area contributed by atoms with Crippen molar-refractivity contribution in [2.75, 3.05) is 32.8 Å². The van der Waals surface area contributed by atoms with Crippen LogP contribution in [-0.2, 0) is 4.74 Å². The van der Waals surface area contributed by atoms with Crippen molar-refractivity contribution in [2.45, 2.75) is 45.6 Å². The summed E-state index contributed by atoms with van der Waals surface area (Å²) in [5.41, 5.74) is 5.87. The molecule has 1 rings (SSSR count). The van der Waals surface area contributed by atoms with E-state index in [2.05, 4.69) is 25.7 Å². The van der Waals surface area contributed by atoms with E-state index in [1.54, 1.807) is 0 Å². The van der Waals surface area contributed by atoms with Gasteiger partial charge in [-0.2, -0.15) is 0 Å². The zero-order valence-corrected chi connectivity index (χ0v) is 11.2. The predicted octanol–water partition coefficient (Wildman–Crippen LogP) is 1.86. The van der Waals surface area contributed by atoms with E-state index in [0.29, 0.717) is 6.54 Å². The van der Waals surface area contributed by atoms with E-state index in [4.69, 9.17) is 10.5 Å². The maximum absolute atomic E-state index is 6.08.